The average molecular weight is 653 g/mol. The fourth-order valence-corrected chi connectivity index (χ4v) is 6.37. The first kappa shape index (κ1) is 34.8. The van der Waals surface area contributed by atoms with Crippen molar-refractivity contribution in [3.63, 3.8) is 0 Å². The largest absolute Gasteiger partial charge is 0.493 e. The number of hydrogen-bond donors (Lipinski definition) is 1. The standard InChI is InChI=1S/C35H43N2O8S/c1-7-16-36-30-13-9-8-12-28(30)32(35(39)45-33-24(2)21-26(22-25(33)3)34(38)43-6)29-23-27(14-15-31(29)36)44-19-10-17-37(4,5)18-11-20-46(40,41)42/h8-9,12-15,21-23H,7,10-11,16-20H2,1-6H3/q+1/p+1. The maximum Gasteiger partial charge on any atom is 0.345 e. The number of carbonyl (C=O) groups excluding carboxylic acids is 2. The predicted molar refractivity (Wildman–Crippen MR) is 177 cm³/mol. The molecule has 0 aliphatic heterocycles. The quantitative estimate of drug-likeness (QED) is 0.0364. The van der Waals surface area contributed by atoms with Crippen LogP contribution in [0.5, 0.6) is 11.5 Å². The summed E-state index contributed by atoms with van der Waals surface area (Å²) in [5, 5.41) is 1.47. The van der Waals surface area contributed by atoms with Crippen LogP contribution in [0.15, 0.2) is 54.6 Å². The van der Waals surface area contributed by atoms with E-state index in [2.05, 4.69) is 11.5 Å². The Morgan fingerprint density at radius 1 is 0.891 bits per heavy atom. The summed E-state index contributed by atoms with van der Waals surface area (Å²) in [6.45, 7) is 8.24. The lowest BCUT2D eigenvalue weighted by Crippen LogP contribution is -2.42. The van der Waals surface area contributed by atoms with Gasteiger partial charge in [0.15, 0.2) is 0 Å². The van der Waals surface area contributed by atoms with Crippen molar-refractivity contribution < 1.29 is 45.8 Å². The molecule has 0 aliphatic carbocycles. The van der Waals surface area contributed by atoms with Gasteiger partial charge in [-0.3, -0.25) is 4.55 Å². The second kappa shape index (κ2) is 14.6. The van der Waals surface area contributed by atoms with Crippen LogP contribution in [0.2, 0.25) is 0 Å². The fraction of sp³-hybridized carbons (Fsp3) is 0.400. The number of nitrogens with zero attached hydrogens (tertiary/aromatic N) is 2. The van der Waals surface area contributed by atoms with Gasteiger partial charge in [-0.05, 0) is 55.3 Å². The van der Waals surface area contributed by atoms with E-state index in [9.17, 15) is 18.0 Å². The topological polar surface area (TPSA) is 120 Å². The predicted octanol–water partition coefficient (Wildman–Crippen LogP) is 5.44. The SMILES string of the molecule is CCC[n+]1c2ccccc2c(C(=O)Oc2c(C)cc(C(=O)OC)cc2C)c2cc(OCCC[N+](C)(C)CCCS(=O)(=O)O)ccc21. The molecule has 46 heavy (non-hydrogen) atoms. The normalized spacial score (nSPS) is 12.0. The first-order chi connectivity index (χ1) is 21.7. The van der Waals surface area contributed by atoms with Crippen molar-refractivity contribution >= 4 is 43.9 Å². The number of carbonyl (C=O) groups is 2. The van der Waals surface area contributed by atoms with Crippen LogP contribution in [0.25, 0.3) is 21.8 Å². The zero-order valence-corrected chi connectivity index (χ0v) is 28.3. The van der Waals surface area contributed by atoms with Crippen molar-refractivity contribution in [2.75, 3.05) is 46.7 Å². The van der Waals surface area contributed by atoms with Gasteiger partial charge in [0.25, 0.3) is 10.1 Å². The van der Waals surface area contributed by atoms with Crippen LogP contribution >= 0.6 is 0 Å². The Labute approximate surface area is 270 Å². The third-order valence-corrected chi connectivity index (χ3v) is 8.87. The van der Waals surface area contributed by atoms with E-state index in [1.54, 1.807) is 26.0 Å². The number of aromatic nitrogens is 1. The highest BCUT2D eigenvalue weighted by Crippen LogP contribution is 2.32. The Hall–Kier alpha value is -4.06. The molecule has 0 atom stereocenters. The molecule has 0 fully saturated rings. The van der Waals surface area contributed by atoms with E-state index in [1.807, 2.05) is 56.6 Å². The summed E-state index contributed by atoms with van der Waals surface area (Å²) in [6, 6.07) is 16.9. The molecule has 0 amide bonds. The molecule has 246 valence electrons. The molecule has 0 unspecified atom stereocenters. The van der Waals surface area contributed by atoms with Crippen molar-refractivity contribution in [2.45, 2.75) is 46.6 Å². The molecule has 0 bridgehead atoms. The number of rotatable bonds is 14. The molecule has 1 aromatic heterocycles. The average Bonchev–Trinajstić information content (AvgIpc) is 2.99. The highest BCUT2D eigenvalue weighted by molar-refractivity contribution is 7.85. The summed E-state index contributed by atoms with van der Waals surface area (Å²) in [6.07, 6.45) is 1.99. The number of quaternary nitrogens is 1. The lowest BCUT2D eigenvalue weighted by atomic mass is 10.0. The number of esters is 2. The molecule has 0 saturated carbocycles. The zero-order chi connectivity index (χ0) is 33.6. The van der Waals surface area contributed by atoms with Gasteiger partial charge in [0, 0.05) is 31.4 Å². The number of pyridine rings is 1. The van der Waals surface area contributed by atoms with Gasteiger partial charge in [0.2, 0.25) is 11.0 Å². The summed E-state index contributed by atoms with van der Waals surface area (Å²) < 4.78 is 51.1. The molecule has 4 aromatic rings. The molecular weight excluding hydrogens is 608 g/mol. The van der Waals surface area contributed by atoms with E-state index in [1.165, 1.54) is 7.11 Å². The number of fused-ring (bicyclic) bond motifs is 2. The summed E-state index contributed by atoms with van der Waals surface area (Å²) in [4.78, 5) is 26.2. The highest BCUT2D eigenvalue weighted by Gasteiger charge is 2.27. The molecule has 0 saturated heterocycles. The third-order valence-electron chi connectivity index (χ3n) is 8.06. The van der Waals surface area contributed by atoms with Crippen LogP contribution in [0.3, 0.4) is 0 Å². The van der Waals surface area contributed by atoms with Gasteiger partial charge in [-0.15, -0.1) is 0 Å². The maximum atomic E-state index is 14.1. The van der Waals surface area contributed by atoms with Crippen LogP contribution in [-0.2, 0) is 21.4 Å². The van der Waals surface area contributed by atoms with E-state index in [4.69, 9.17) is 18.8 Å². The molecular formula is C35H44N2O8S+2. The minimum atomic E-state index is -3.97. The lowest BCUT2D eigenvalue weighted by Gasteiger charge is -2.29. The fourth-order valence-electron chi connectivity index (χ4n) is 5.88. The maximum absolute atomic E-state index is 14.1. The second-order valence-electron chi connectivity index (χ2n) is 12.3. The van der Waals surface area contributed by atoms with E-state index >= 15 is 0 Å². The van der Waals surface area contributed by atoms with Crippen molar-refractivity contribution in [2.24, 2.45) is 0 Å². The van der Waals surface area contributed by atoms with Crippen molar-refractivity contribution in [3.05, 3.63) is 76.9 Å². The van der Waals surface area contributed by atoms with Crippen LogP contribution in [0.1, 0.15) is 58.0 Å². The molecule has 3 aromatic carbocycles. The lowest BCUT2D eigenvalue weighted by molar-refractivity contribution is -0.890. The monoisotopic (exact) mass is 652 g/mol. The van der Waals surface area contributed by atoms with E-state index in [0.29, 0.717) is 63.2 Å². The number of hydrogen-bond acceptors (Lipinski definition) is 7. The smallest absolute Gasteiger partial charge is 0.345 e. The molecule has 0 radical (unpaired) electrons. The minimum Gasteiger partial charge on any atom is -0.493 e. The second-order valence-corrected chi connectivity index (χ2v) is 13.8. The van der Waals surface area contributed by atoms with Crippen LogP contribution < -0.4 is 14.0 Å². The Morgan fingerprint density at radius 2 is 1.54 bits per heavy atom. The summed E-state index contributed by atoms with van der Waals surface area (Å²) in [5.41, 5.74) is 3.89. The van der Waals surface area contributed by atoms with Crippen LogP contribution in [0.4, 0.5) is 0 Å². The van der Waals surface area contributed by atoms with Gasteiger partial charge in [-0.2, -0.15) is 13.0 Å². The summed E-state index contributed by atoms with van der Waals surface area (Å²) in [7, 11) is 1.39. The Kier molecular flexibility index (Phi) is 11.0. The van der Waals surface area contributed by atoms with Gasteiger partial charge >= 0.3 is 11.9 Å². The minimum absolute atomic E-state index is 0.252. The molecule has 10 nitrogen and oxygen atoms in total. The molecule has 0 aliphatic rings. The zero-order valence-electron chi connectivity index (χ0n) is 27.5. The number of methoxy groups -OCH3 is 1. The van der Waals surface area contributed by atoms with Crippen molar-refractivity contribution in [1.82, 2.24) is 0 Å². The number of benzene rings is 3. The van der Waals surface area contributed by atoms with Gasteiger partial charge < -0.3 is 18.7 Å². The third kappa shape index (κ3) is 8.39. The van der Waals surface area contributed by atoms with Gasteiger partial charge in [0.05, 0.1) is 68.6 Å². The molecule has 4 rings (SSSR count). The first-order valence-electron chi connectivity index (χ1n) is 15.4. The molecule has 1 heterocycles. The van der Waals surface area contributed by atoms with Crippen molar-refractivity contribution in [1.29, 1.82) is 0 Å². The van der Waals surface area contributed by atoms with Crippen LogP contribution in [-0.4, -0.2) is 76.0 Å². The Bertz CT molecular complexity index is 1850. The summed E-state index contributed by atoms with van der Waals surface area (Å²) in [5.74, 6) is -0.214. The van der Waals surface area contributed by atoms with Crippen LogP contribution in [0, 0.1) is 13.8 Å². The first-order valence-corrected chi connectivity index (χ1v) is 17.1. The molecule has 11 heteroatoms. The summed E-state index contributed by atoms with van der Waals surface area (Å²) >= 11 is 0. The molecule has 0 spiro atoms. The van der Waals surface area contributed by atoms with Gasteiger partial charge in [-0.1, -0.05) is 19.1 Å². The van der Waals surface area contributed by atoms with Crippen molar-refractivity contribution in [3.8, 4) is 11.5 Å². The van der Waals surface area contributed by atoms with Gasteiger partial charge in [-0.25, -0.2) is 9.59 Å². The Balaban J connectivity index is 1.66. The highest BCUT2D eigenvalue weighted by atomic mass is 32.2. The number of ether oxygens (including phenoxy) is 3. The van der Waals surface area contributed by atoms with E-state index in [-0.39, 0.29) is 5.75 Å². The van der Waals surface area contributed by atoms with Gasteiger partial charge in [0.1, 0.15) is 18.0 Å². The molecule has 1 N–H and O–H groups in total. The van der Waals surface area contributed by atoms with E-state index in [0.717, 1.165) is 42.4 Å². The number of para-hydroxylation sites is 1. The van der Waals surface area contributed by atoms with E-state index < -0.39 is 22.1 Å². The number of aryl methyl sites for hydroxylation is 3. The Morgan fingerprint density at radius 3 is 2.20 bits per heavy atom.